The van der Waals surface area contributed by atoms with Crippen LogP contribution in [0.1, 0.15) is 10.4 Å². The van der Waals surface area contributed by atoms with E-state index < -0.39 is 5.97 Å². The Morgan fingerprint density at radius 3 is 2.81 bits per heavy atom. The van der Waals surface area contributed by atoms with Crippen LogP contribution in [0.2, 0.25) is 0 Å². The van der Waals surface area contributed by atoms with Crippen molar-refractivity contribution in [3.05, 3.63) is 23.9 Å². The van der Waals surface area contributed by atoms with E-state index in [9.17, 15) is 4.79 Å². The zero-order valence-electron chi connectivity index (χ0n) is 9.42. The van der Waals surface area contributed by atoms with E-state index in [0.717, 1.165) is 13.1 Å². The van der Waals surface area contributed by atoms with Crippen LogP contribution in [-0.4, -0.2) is 54.2 Å². The van der Waals surface area contributed by atoms with Crippen molar-refractivity contribution in [3.8, 4) is 0 Å². The van der Waals surface area contributed by atoms with Crippen LogP contribution in [0.25, 0.3) is 0 Å². The van der Waals surface area contributed by atoms with Gasteiger partial charge in [0.05, 0.1) is 0 Å². The Kier molecular flexibility index (Phi) is 2.78. The van der Waals surface area contributed by atoms with E-state index in [0.29, 0.717) is 11.9 Å². The monoisotopic (exact) mass is 221 g/mol. The lowest BCUT2D eigenvalue weighted by Gasteiger charge is -2.43. The highest BCUT2D eigenvalue weighted by atomic mass is 16.4. The summed E-state index contributed by atoms with van der Waals surface area (Å²) in [6.07, 6.45) is 1.63. The molecular formula is C11H15N3O2. The SMILES string of the molecule is CN(C)C1CN(c2ncccc2C(=O)O)C1. The Bertz CT molecular complexity index is 400. The second kappa shape index (κ2) is 4.09. The van der Waals surface area contributed by atoms with Gasteiger partial charge in [-0.25, -0.2) is 9.78 Å². The van der Waals surface area contributed by atoms with Crippen molar-refractivity contribution >= 4 is 11.8 Å². The third-order valence-electron chi connectivity index (χ3n) is 2.91. The van der Waals surface area contributed by atoms with Crippen molar-refractivity contribution in [3.63, 3.8) is 0 Å². The highest BCUT2D eigenvalue weighted by Gasteiger charge is 2.31. The Morgan fingerprint density at radius 2 is 2.25 bits per heavy atom. The highest BCUT2D eigenvalue weighted by molar-refractivity contribution is 5.93. The van der Waals surface area contributed by atoms with E-state index >= 15 is 0 Å². The Labute approximate surface area is 94.3 Å². The van der Waals surface area contributed by atoms with Crippen LogP contribution in [-0.2, 0) is 0 Å². The van der Waals surface area contributed by atoms with Crippen LogP contribution in [0, 0.1) is 0 Å². The van der Waals surface area contributed by atoms with E-state index in [1.807, 2.05) is 19.0 Å². The summed E-state index contributed by atoms with van der Waals surface area (Å²) < 4.78 is 0. The maximum atomic E-state index is 11.0. The number of anilines is 1. The summed E-state index contributed by atoms with van der Waals surface area (Å²) >= 11 is 0. The molecule has 1 aliphatic rings. The van der Waals surface area contributed by atoms with Crippen molar-refractivity contribution in [2.45, 2.75) is 6.04 Å². The summed E-state index contributed by atoms with van der Waals surface area (Å²) in [5.41, 5.74) is 0.278. The Balaban J connectivity index is 2.14. The molecule has 0 radical (unpaired) electrons. The molecule has 0 bridgehead atoms. The number of likely N-dealkylation sites (N-methyl/N-ethyl adjacent to an activating group) is 1. The summed E-state index contributed by atoms with van der Waals surface area (Å²) in [5, 5.41) is 9.03. The first-order chi connectivity index (χ1) is 7.59. The van der Waals surface area contributed by atoms with E-state index in [4.69, 9.17) is 5.11 Å². The molecular weight excluding hydrogens is 206 g/mol. The summed E-state index contributed by atoms with van der Waals surface area (Å²) in [4.78, 5) is 19.3. The van der Waals surface area contributed by atoms with Gasteiger partial charge < -0.3 is 14.9 Å². The first-order valence-electron chi connectivity index (χ1n) is 5.19. The third kappa shape index (κ3) is 1.86. The second-order valence-electron chi connectivity index (χ2n) is 4.20. The van der Waals surface area contributed by atoms with Crippen LogP contribution in [0.4, 0.5) is 5.82 Å². The topological polar surface area (TPSA) is 56.7 Å². The number of aromatic nitrogens is 1. The minimum absolute atomic E-state index is 0.278. The Morgan fingerprint density at radius 1 is 1.56 bits per heavy atom. The second-order valence-corrected chi connectivity index (χ2v) is 4.20. The van der Waals surface area contributed by atoms with Gasteiger partial charge in [-0.3, -0.25) is 0 Å². The highest BCUT2D eigenvalue weighted by Crippen LogP contribution is 2.24. The van der Waals surface area contributed by atoms with E-state index in [-0.39, 0.29) is 5.56 Å². The van der Waals surface area contributed by atoms with Crippen molar-refractivity contribution in [1.29, 1.82) is 0 Å². The predicted molar refractivity (Wildman–Crippen MR) is 60.9 cm³/mol. The molecule has 1 fully saturated rings. The molecule has 0 spiro atoms. The van der Waals surface area contributed by atoms with Gasteiger partial charge in [0.1, 0.15) is 11.4 Å². The molecule has 0 saturated carbocycles. The number of nitrogens with zero attached hydrogens (tertiary/aromatic N) is 3. The lowest BCUT2D eigenvalue weighted by Crippen LogP contribution is -2.58. The lowest BCUT2D eigenvalue weighted by atomic mass is 10.1. The molecule has 0 amide bonds. The number of hydrogen-bond donors (Lipinski definition) is 1. The van der Waals surface area contributed by atoms with Gasteiger partial charge in [0.2, 0.25) is 0 Å². The first kappa shape index (κ1) is 10.9. The Hall–Kier alpha value is -1.62. The van der Waals surface area contributed by atoms with Gasteiger partial charge in [0.25, 0.3) is 0 Å². The number of carbonyl (C=O) groups is 1. The molecule has 0 aromatic carbocycles. The predicted octanol–water partition coefficient (Wildman–Crippen LogP) is 0.530. The molecule has 1 aliphatic heterocycles. The standard InChI is InChI=1S/C11H15N3O2/c1-13(2)8-6-14(7-8)10-9(11(15)16)4-3-5-12-10/h3-5,8H,6-7H2,1-2H3,(H,15,16). The number of pyridine rings is 1. The summed E-state index contributed by atoms with van der Waals surface area (Å²) in [6.45, 7) is 1.68. The molecule has 2 rings (SSSR count). The number of carboxylic acids is 1. The first-order valence-corrected chi connectivity index (χ1v) is 5.19. The minimum Gasteiger partial charge on any atom is -0.478 e. The van der Waals surface area contributed by atoms with Gasteiger partial charge in [-0.15, -0.1) is 0 Å². The maximum absolute atomic E-state index is 11.0. The molecule has 2 heterocycles. The van der Waals surface area contributed by atoms with Crippen LogP contribution in [0.15, 0.2) is 18.3 Å². The van der Waals surface area contributed by atoms with Crippen molar-refractivity contribution in [2.75, 3.05) is 32.1 Å². The van der Waals surface area contributed by atoms with Crippen molar-refractivity contribution in [1.82, 2.24) is 9.88 Å². The summed E-state index contributed by atoms with van der Waals surface area (Å²) in [6, 6.07) is 3.73. The normalized spacial score (nSPS) is 16.3. The fourth-order valence-electron chi connectivity index (χ4n) is 1.77. The molecule has 86 valence electrons. The summed E-state index contributed by atoms with van der Waals surface area (Å²) in [5.74, 6) is -0.343. The molecule has 5 heteroatoms. The molecule has 1 N–H and O–H groups in total. The fraction of sp³-hybridized carbons (Fsp3) is 0.455. The van der Waals surface area contributed by atoms with Gasteiger partial charge in [-0.1, -0.05) is 0 Å². The molecule has 1 saturated heterocycles. The summed E-state index contributed by atoms with van der Waals surface area (Å²) in [7, 11) is 4.05. The fourth-order valence-corrected chi connectivity index (χ4v) is 1.77. The smallest absolute Gasteiger partial charge is 0.339 e. The van der Waals surface area contributed by atoms with Crippen LogP contribution >= 0.6 is 0 Å². The molecule has 0 atom stereocenters. The molecule has 16 heavy (non-hydrogen) atoms. The minimum atomic E-state index is -0.920. The van der Waals surface area contributed by atoms with Crippen LogP contribution in [0.5, 0.6) is 0 Å². The van der Waals surface area contributed by atoms with Crippen LogP contribution in [0.3, 0.4) is 0 Å². The van der Waals surface area contributed by atoms with Crippen molar-refractivity contribution in [2.24, 2.45) is 0 Å². The molecule has 0 unspecified atom stereocenters. The van der Waals surface area contributed by atoms with E-state index in [2.05, 4.69) is 9.88 Å². The van der Waals surface area contributed by atoms with Gasteiger partial charge >= 0.3 is 5.97 Å². The number of aromatic carboxylic acids is 1. The van der Waals surface area contributed by atoms with E-state index in [1.165, 1.54) is 0 Å². The zero-order valence-corrected chi connectivity index (χ0v) is 9.42. The lowest BCUT2D eigenvalue weighted by molar-refractivity contribution is 0.0696. The number of carboxylic acid groups (broad SMARTS) is 1. The van der Waals surface area contributed by atoms with Gasteiger partial charge in [-0.2, -0.15) is 0 Å². The zero-order chi connectivity index (χ0) is 11.7. The molecule has 5 nitrogen and oxygen atoms in total. The number of rotatable bonds is 3. The molecule has 0 aliphatic carbocycles. The van der Waals surface area contributed by atoms with Crippen molar-refractivity contribution < 1.29 is 9.90 Å². The van der Waals surface area contributed by atoms with E-state index in [1.54, 1.807) is 18.3 Å². The van der Waals surface area contributed by atoms with Crippen LogP contribution < -0.4 is 4.90 Å². The number of hydrogen-bond acceptors (Lipinski definition) is 4. The maximum Gasteiger partial charge on any atom is 0.339 e. The molecule has 1 aromatic rings. The van der Waals surface area contributed by atoms with Gasteiger partial charge in [0, 0.05) is 25.3 Å². The average Bonchev–Trinajstić information content (AvgIpc) is 2.15. The largest absolute Gasteiger partial charge is 0.478 e. The van der Waals surface area contributed by atoms with Gasteiger partial charge in [-0.05, 0) is 26.2 Å². The third-order valence-corrected chi connectivity index (χ3v) is 2.91. The quantitative estimate of drug-likeness (QED) is 0.807. The van der Waals surface area contributed by atoms with Gasteiger partial charge in [0.15, 0.2) is 0 Å². The average molecular weight is 221 g/mol. The molecule has 1 aromatic heterocycles.